The molecular weight excluding hydrogens is 320 g/mol. The Morgan fingerprint density at radius 1 is 1.20 bits per heavy atom. The van der Waals surface area contributed by atoms with Crippen LogP contribution in [-0.2, 0) is 0 Å². The first kappa shape index (κ1) is 15.9. The summed E-state index contributed by atoms with van der Waals surface area (Å²) in [6.07, 6.45) is 1.50. The fourth-order valence-corrected chi connectivity index (χ4v) is 2.10. The lowest BCUT2D eigenvalue weighted by Crippen LogP contribution is -1.92. The molecule has 0 atom stereocenters. The summed E-state index contributed by atoms with van der Waals surface area (Å²) in [5.41, 5.74) is 1.76. The molecule has 0 bridgehead atoms. The monoisotopic (exact) mass is 332 g/mol. The van der Waals surface area contributed by atoms with Gasteiger partial charge in [0.2, 0.25) is 0 Å². The zero-order valence-electron chi connectivity index (χ0n) is 12.9. The highest BCUT2D eigenvalue weighted by Gasteiger charge is 2.12. The number of hydrogen-bond donors (Lipinski definition) is 2. The van der Waals surface area contributed by atoms with E-state index in [9.17, 15) is 15.4 Å². The topological polar surface area (TPSA) is 120 Å². The van der Waals surface area contributed by atoms with Crippen LogP contribution in [0.2, 0.25) is 0 Å². The molecule has 2 aromatic carbocycles. The highest BCUT2D eigenvalue weighted by atomic mass is 16.6. The maximum absolute atomic E-state index is 10.6. The van der Waals surface area contributed by atoms with Gasteiger partial charge in [-0.1, -0.05) is 18.2 Å². The number of nitro benzene ring substituents is 1. The number of rotatable bonds is 5. The van der Waals surface area contributed by atoms with Crippen LogP contribution in [0, 0.1) is 21.4 Å². The lowest BCUT2D eigenvalue weighted by Gasteiger charge is -2.01. The van der Waals surface area contributed by atoms with Crippen molar-refractivity contribution in [3.8, 4) is 6.07 Å². The first-order valence-corrected chi connectivity index (χ1v) is 7.26. The fraction of sp³-hybridized carbons (Fsp3) is 0. The van der Waals surface area contributed by atoms with Gasteiger partial charge in [-0.15, -0.1) is 0 Å². The summed E-state index contributed by atoms with van der Waals surface area (Å²) in [5.74, 6) is 0.684. The molecule has 0 aliphatic rings. The molecule has 0 amide bonds. The summed E-state index contributed by atoms with van der Waals surface area (Å²) in [4.78, 5) is 14.4. The summed E-state index contributed by atoms with van der Waals surface area (Å²) in [7, 11) is 0. The summed E-state index contributed by atoms with van der Waals surface area (Å²) in [5, 5.41) is 29.8. The van der Waals surface area contributed by atoms with E-state index in [-0.39, 0.29) is 11.3 Å². The second kappa shape index (κ2) is 7.06. The molecular formula is C17H12N6O2. The van der Waals surface area contributed by atoms with Crippen molar-refractivity contribution in [1.82, 2.24) is 10.2 Å². The average Bonchev–Trinajstić information content (AvgIpc) is 3.02. The highest BCUT2D eigenvalue weighted by molar-refractivity contribution is 5.83. The molecule has 0 saturated heterocycles. The van der Waals surface area contributed by atoms with Gasteiger partial charge in [0.25, 0.3) is 5.69 Å². The molecule has 25 heavy (non-hydrogen) atoms. The Morgan fingerprint density at radius 3 is 2.56 bits per heavy atom. The zero-order valence-corrected chi connectivity index (χ0v) is 12.9. The molecule has 3 aromatic rings. The summed E-state index contributed by atoms with van der Waals surface area (Å²) in [6.45, 7) is 0. The maximum atomic E-state index is 10.6. The number of hydrogen-bond acceptors (Lipinski definition) is 6. The Labute approximate surface area is 142 Å². The Hall–Kier alpha value is -3.99. The van der Waals surface area contributed by atoms with Gasteiger partial charge in [0.1, 0.15) is 11.6 Å². The SMILES string of the molecule is N#Cc1c(Nc2ccccc2)n[nH]c1/N=C/c1ccc([N+](=O)[O-])cc1. The Bertz CT molecular complexity index is 955. The minimum Gasteiger partial charge on any atom is -0.338 e. The molecule has 3 rings (SSSR count). The van der Waals surface area contributed by atoms with E-state index in [1.807, 2.05) is 30.3 Å². The van der Waals surface area contributed by atoms with Crippen molar-refractivity contribution in [3.05, 3.63) is 75.8 Å². The number of aliphatic imine (C=N–C) groups is 1. The third kappa shape index (κ3) is 3.68. The first-order valence-electron chi connectivity index (χ1n) is 7.26. The number of nitrogens with zero attached hydrogens (tertiary/aromatic N) is 4. The number of H-pyrrole nitrogens is 1. The fourth-order valence-electron chi connectivity index (χ4n) is 2.10. The van der Waals surface area contributed by atoms with E-state index in [0.29, 0.717) is 17.2 Å². The Kier molecular flexibility index (Phi) is 4.49. The summed E-state index contributed by atoms with van der Waals surface area (Å²) < 4.78 is 0. The summed E-state index contributed by atoms with van der Waals surface area (Å²) >= 11 is 0. The average molecular weight is 332 g/mol. The van der Waals surface area contributed by atoms with Crippen molar-refractivity contribution in [3.63, 3.8) is 0 Å². The van der Waals surface area contributed by atoms with E-state index < -0.39 is 4.92 Å². The molecule has 0 aliphatic carbocycles. The van der Waals surface area contributed by atoms with Crippen LogP contribution in [0.25, 0.3) is 0 Å². The van der Waals surface area contributed by atoms with Crippen LogP contribution in [0.1, 0.15) is 11.1 Å². The molecule has 8 nitrogen and oxygen atoms in total. The second-order valence-electron chi connectivity index (χ2n) is 5.01. The normalized spacial score (nSPS) is 10.5. The predicted octanol–water partition coefficient (Wildman–Crippen LogP) is 3.68. The quantitative estimate of drug-likeness (QED) is 0.419. The Balaban J connectivity index is 1.81. The molecule has 8 heteroatoms. The maximum Gasteiger partial charge on any atom is 0.269 e. The van der Waals surface area contributed by atoms with Crippen LogP contribution in [0.3, 0.4) is 0 Å². The zero-order chi connectivity index (χ0) is 17.6. The lowest BCUT2D eigenvalue weighted by atomic mass is 10.2. The minimum absolute atomic E-state index is 0.00533. The van der Waals surface area contributed by atoms with Crippen LogP contribution in [0.15, 0.2) is 59.6 Å². The van der Waals surface area contributed by atoms with E-state index in [1.165, 1.54) is 18.3 Å². The van der Waals surface area contributed by atoms with Gasteiger partial charge in [-0.2, -0.15) is 10.4 Å². The smallest absolute Gasteiger partial charge is 0.269 e. The molecule has 0 spiro atoms. The first-order chi connectivity index (χ1) is 12.2. The van der Waals surface area contributed by atoms with Crippen molar-refractivity contribution in [1.29, 1.82) is 5.26 Å². The van der Waals surface area contributed by atoms with Crippen molar-refractivity contribution >= 4 is 29.2 Å². The number of benzene rings is 2. The van der Waals surface area contributed by atoms with E-state index in [1.54, 1.807) is 12.1 Å². The van der Waals surface area contributed by atoms with Gasteiger partial charge in [-0.05, 0) is 29.8 Å². The van der Waals surface area contributed by atoms with Crippen molar-refractivity contribution in [2.45, 2.75) is 0 Å². The van der Waals surface area contributed by atoms with Gasteiger partial charge < -0.3 is 5.32 Å². The number of nitro groups is 1. The molecule has 0 unspecified atom stereocenters. The van der Waals surface area contributed by atoms with E-state index >= 15 is 0 Å². The molecule has 0 saturated carbocycles. The van der Waals surface area contributed by atoms with Gasteiger partial charge >= 0.3 is 0 Å². The van der Waals surface area contributed by atoms with Gasteiger partial charge in [0, 0.05) is 24.0 Å². The number of aromatic nitrogens is 2. The number of aromatic amines is 1. The molecule has 0 fully saturated rings. The molecule has 122 valence electrons. The number of para-hydroxylation sites is 1. The number of non-ortho nitro benzene ring substituents is 1. The van der Waals surface area contributed by atoms with Crippen LogP contribution in [0.4, 0.5) is 23.0 Å². The number of nitriles is 1. The van der Waals surface area contributed by atoms with Crippen molar-refractivity contribution in [2.24, 2.45) is 4.99 Å². The minimum atomic E-state index is -0.467. The lowest BCUT2D eigenvalue weighted by molar-refractivity contribution is -0.384. The standard InChI is InChI=1S/C17H12N6O2/c18-10-15-16(19-11-12-6-8-14(9-7-12)23(24)25)21-22-17(15)20-13-4-2-1-3-5-13/h1-9,11H,(H2,20,21,22)/b19-11+. The van der Waals surface area contributed by atoms with Gasteiger partial charge in [-0.3, -0.25) is 15.2 Å². The second-order valence-corrected chi connectivity index (χ2v) is 5.01. The number of nitrogens with one attached hydrogen (secondary N) is 2. The molecule has 2 N–H and O–H groups in total. The predicted molar refractivity (Wildman–Crippen MR) is 93.4 cm³/mol. The van der Waals surface area contributed by atoms with Gasteiger partial charge in [0.05, 0.1) is 4.92 Å². The largest absolute Gasteiger partial charge is 0.338 e. The Morgan fingerprint density at radius 2 is 1.92 bits per heavy atom. The van der Waals surface area contributed by atoms with Crippen LogP contribution < -0.4 is 5.32 Å². The van der Waals surface area contributed by atoms with Crippen LogP contribution >= 0.6 is 0 Å². The molecule has 0 aliphatic heterocycles. The van der Waals surface area contributed by atoms with Gasteiger partial charge in [-0.25, -0.2) is 4.99 Å². The van der Waals surface area contributed by atoms with Gasteiger partial charge in [0.15, 0.2) is 11.6 Å². The number of anilines is 2. The van der Waals surface area contributed by atoms with E-state index in [4.69, 9.17) is 0 Å². The van der Waals surface area contributed by atoms with E-state index in [0.717, 1.165) is 5.69 Å². The third-order valence-electron chi connectivity index (χ3n) is 3.34. The van der Waals surface area contributed by atoms with E-state index in [2.05, 4.69) is 26.6 Å². The van der Waals surface area contributed by atoms with Crippen LogP contribution in [-0.4, -0.2) is 21.3 Å². The summed E-state index contributed by atoms with van der Waals surface area (Å²) in [6, 6.07) is 17.3. The third-order valence-corrected chi connectivity index (χ3v) is 3.34. The molecule has 1 aromatic heterocycles. The van der Waals surface area contributed by atoms with Crippen LogP contribution in [0.5, 0.6) is 0 Å². The van der Waals surface area contributed by atoms with Crippen molar-refractivity contribution in [2.75, 3.05) is 5.32 Å². The molecule has 1 heterocycles. The van der Waals surface area contributed by atoms with Crippen molar-refractivity contribution < 1.29 is 4.92 Å². The molecule has 0 radical (unpaired) electrons. The highest BCUT2D eigenvalue weighted by Crippen LogP contribution is 2.25.